The lowest BCUT2D eigenvalue weighted by atomic mass is 9.91. The van der Waals surface area contributed by atoms with Crippen LogP contribution in [-0.2, 0) is 9.59 Å². The summed E-state index contributed by atoms with van der Waals surface area (Å²) in [6.45, 7) is 6.37. The maximum absolute atomic E-state index is 11.6. The molecule has 0 heterocycles. The van der Waals surface area contributed by atoms with Crippen molar-refractivity contribution in [3.8, 4) is 0 Å². The Hall–Kier alpha value is -1.10. The second kappa shape index (κ2) is 3.96. The van der Waals surface area contributed by atoms with Gasteiger partial charge in [0.05, 0.1) is 5.41 Å². The minimum atomic E-state index is -1.26. The summed E-state index contributed by atoms with van der Waals surface area (Å²) >= 11 is 0. The average Bonchev–Trinajstić information content (AvgIpc) is 2.03. The third kappa shape index (κ3) is 2.99. The molecule has 0 atom stereocenters. The molecule has 0 aromatic carbocycles. The van der Waals surface area contributed by atoms with Crippen LogP contribution in [0.2, 0.25) is 0 Å². The summed E-state index contributed by atoms with van der Waals surface area (Å²) in [7, 11) is 0. The quantitative estimate of drug-likeness (QED) is 0.596. The second-order valence-electron chi connectivity index (χ2n) is 4.47. The van der Waals surface area contributed by atoms with Gasteiger partial charge in [0.25, 0.3) is 0 Å². The van der Waals surface area contributed by atoms with E-state index in [0.29, 0.717) is 0 Å². The molecule has 0 bridgehead atoms. The highest BCUT2D eigenvalue weighted by Gasteiger charge is 2.34. The fraction of sp³-hybridized carbons (Fsp3) is 0.778. The molecule has 0 aromatic heterocycles. The Balaban J connectivity index is 4.56. The molecule has 0 rings (SSSR count). The molecule has 5 nitrogen and oxygen atoms in total. The van der Waals surface area contributed by atoms with E-state index in [1.807, 2.05) is 0 Å². The molecular formula is C9H18N2O3. The lowest BCUT2D eigenvalue weighted by Gasteiger charge is -2.28. The summed E-state index contributed by atoms with van der Waals surface area (Å²) in [5.41, 5.74) is 3.39. The van der Waals surface area contributed by atoms with Gasteiger partial charge in [-0.15, -0.1) is 0 Å². The van der Waals surface area contributed by atoms with E-state index in [4.69, 9.17) is 10.8 Å². The van der Waals surface area contributed by atoms with E-state index in [0.717, 1.165) is 0 Å². The van der Waals surface area contributed by atoms with Crippen LogP contribution >= 0.6 is 0 Å². The number of hydrogen-bond donors (Lipinski definition) is 3. The maximum atomic E-state index is 11.6. The number of aliphatic carboxylic acids is 1. The molecule has 0 spiro atoms. The molecule has 0 saturated heterocycles. The number of hydrogen-bond acceptors (Lipinski definition) is 3. The van der Waals surface area contributed by atoms with Crippen LogP contribution in [0.25, 0.3) is 0 Å². The highest BCUT2D eigenvalue weighted by atomic mass is 16.4. The number of amides is 1. The number of carbonyl (C=O) groups excluding carboxylic acids is 1. The third-order valence-corrected chi connectivity index (χ3v) is 2.09. The zero-order chi connectivity index (χ0) is 11.6. The van der Waals surface area contributed by atoms with Crippen LogP contribution in [0.4, 0.5) is 0 Å². The molecule has 0 aliphatic heterocycles. The summed E-state index contributed by atoms with van der Waals surface area (Å²) in [6, 6.07) is 0. The van der Waals surface area contributed by atoms with Crippen molar-refractivity contribution in [1.82, 2.24) is 5.32 Å². The first-order valence-corrected chi connectivity index (χ1v) is 4.39. The Kier molecular flexibility index (Phi) is 3.65. The molecule has 0 saturated carbocycles. The summed E-state index contributed by atoms with van der Waals surface area (Å²) < 4.78 is 0. The molecule has 0 aromatic rings. The van der Waals surface area contributed by atoms with Gasteiger partial charge in [-0.05, 0) is 27.7 Å². The molecule has 82 valence electrons. The highest BCUT2D eigenvalue weighted by molar-refractivity contribution is 5.89. The van der Waals surface area contributed by atoms with Gasteiger partial charge in [0.1, 0.15) is 5.54 Å². The van der Waals surface area contributed by atoms with Crippen LogP contribution in [0.15, 0.2) is 0 Å². The van der Waals surface area contributed by atoms with Gasteiger partial charge in [-0.25, -0.2) is 4.79 Å². The van der Waals surface area contributed by atoms with Gasteiger partial charge >= 0.3 is 5.97 Å². The second-order valence-corrected chi connectivity index (χ2v) is 4.47. The van der Waals surface area contributed by atoms with Crippen molar-refractivity contribution < 1.29 is 14.7 Å². The average molecular weight is 202 g/mol. The minimum absolute atomic E-state index is 0.175. The predicted octanol–water partition coefficient (Wildman–Crippen LogP) is -0.0493. The summed E-state index contributed by atoms with van der Waals surface area (Å²) in [6.07, 6.45) is 0. The molecular weight excluding hydrogens is 184 g/mol. The monoisotopic (exact) mass is 202 g/mol. The van der Waals surface area contributed by atoms with E-state index in [1.54, 1.807) is 13.8 Å². The number of carboxylic acid groups (broad SMARTS) is 1. The van der Waals surface area contributed by atoms with Gasteiger partial charge in [-0.3, -0.25) is 4.79 Å². The van der Waals surface area contributed by atoms with Gasteiger partial charge < -0.3 is 16.2 Å². The fourth-order valence-corrected chi connectivity index (χ4v) is 0.599. The normalized spacial score (nSPS) is 12.4. The SMILES string of the molecule is CC(C)(CN)C(=O)NC(C)(C)C(=O)O. The van der Waals surface area contributed by atoms with Crippen LogP contribution < -0.4 is 11.1 Å². The topological polar surface area (TPSA) is 92.4 Å². The number of nitrogens with one attached hydrogen (secondary N) is 1. The van der Waals surface area contributed by atoms with Crippen molar-refractivity contribution in [3.63, 3.8) is 0 Å². The van der Waals surface area contributed by atoms with Crippen molar-refractivity contribution in [3.05, 3.63) is 0 Å². The van der Waals surface area contributed by atoms with E-state index in [2.05, 4.69) is 5.32 Å². The molecule has 0 aliphatic carbocycles. The van der Waals surface area contributed by atoms with Crippen LogP contribution in [0.5, 0.6) is 0 Å². The number of carbonyl (C=O) groups is 2. The van der Waals surface area contributed by atoms with Gasteiger partial charge in [0.2, 0.25) is 5.91 Å². The summed E-state index contributed by atoms with van der Waals surface area (Å²) in [5, 5.41) is 11.2. The van der Waals surface area contributed by atoms with Gasteiger partial charge in [-0.2, -0.15) is 0 Å². The van der Waals surface area contributed by atoms with Crippen LogP contribution in [-0.4, -0.2) is 29.1 Å². The van der Waals surface area contributed by atoms with E-state index < -0.39 is 16.9 Å². The smallest absolute Gasteiger partial charge is 0.328 e. The Morgan fingerprint density at radius 2 is 1.71 bits per heavy atom. The first-order chi connectivity index (χ1) is 6.13. The summed E-state index contributed by atoms with van der Waals surface area (Å²) in [4.78, 5) is 22.3. The van der Waals surface area contributed by atoms with Crippen LogP contribution in [0.3, 0.4) is 0 Å². The molecule has 0 aliphatic rings. The maximum Gasteiger partial charge on any atom is 0.328 e. The number of carboxylic acids is 1. The van der Waals surface area contributed by atoms with E-state index in [1.165, 1.54) is 13.8 Å². The van der Waals surface area contributed by atoms with E-state index in [9.17, 15) is 9.59 Å². The van der Waals surface area contributed by atoms with Gasteiger partial charge in [-0.1, -0.05) is 0 Å². The van der Waals surface area contributed by atoms with Crippen LogP contribution in [0, 0.1) is 5.41 Å². The van der Waals surface area contributed by atoms with Crippen molar-refractivity contribution in [1.29, 1.82) is 0 Å². The van der Waals surface area contributed by atoms with Crippen molar-refractivity contribution in [2.45, 2.75) is 33.2 Å². The highest BCUT2D eigenvalue weighted by Crippen LogP contribution is 2.15. The molecule has 5 heteroatoms. The lowest BCUT2D eigenvalue weighted by Crippen LogP contribution is -2.54. The molecule has 14 heavy (non-hydrogen) atoms. The van der Waals surface area contributed by atoms with Gasteiger partial charge in [0.15, 0.2) is 0 Å². The first kappa shape index (κ1) is 12.9. The molecule has 0 radical (unpaired) electrons. The molecule has 0 unspecified atom stereocenters. The van der Waals surface area contributed by atoms with Crippen LogP contribution in [0.1, 0.15) is 27.7 Å². The Morgan fingerprint density at radius 3 is 2.00 bits per heavy atom. The number of nitrogens with two attached hydrogens (primary N) is 1. The minimum Gasteiger partial charge on any atom is -0.480 e. The summed E-state index contributed by atoms with van der Waals surface area (Å²) in [5.74, 6) is -1.42. The fourth-order valence-electron chi connectivity index (χ4n) is 0.599. The predicted molar refractivity (Wildman–Crippen MR) is 52.7 cm³/mol. The standard InChI is InChI=1S/C9H18N2O3/c1-8(2,5-10)6(12)11-9(3,4)7(13)14/h5,10H2,1-4H3,(H,11,12)(H,13,14). The van der Waals surface area contributed by atoms with Crippen molar-refractivity contribution in [2.24, 2.45) is 11.1 Å². The van der Waals surface area contributed by atoms with E-state index in [-0.39, 0.29) is 12.5 Å². The van der Waals surface area contributed by atoms with Crippen molar-refractivity contribution in [2.75, 3.05) is 6.54 Å². The molecule has 0 fully saturated rings. The zero-order valence-electron chi connectivity index (χ0n) is 9.05. The first-order valence-electron chi connectivity index (χ1n) is 4.39. The Labute approximate surface area is 83.7 Å². The largest absolute Gasteiger partial charge is 0.480 e. The zero-order valence-corrected chi connectivity index (χ0v) is 9.05. The Bertz CT molecular complexity index is 246. The molecule has 4 N–H and O–H groups in total. The Morgan fingerprint density at radius 1 is 1.29 bits per heavy atom. The lowest BCUT2D eigenvalue weighted by molar-refractivity contribution is -0.147. The third-order valence-electron chi connectivity index (χ3n) is 2.09. The van der Waals surface area contributed by atoms with Gasteiger partial charge in [0, 0.05) is 6.54 Å². The number of rotatable bonds is 4. The van der Waals surface area contributed by atoms with E-state index >= 15 is 0 Å². The molecule has 1 amide bonds. The van der Waals surface area contributed by atoms with Crippen molar-refractivity contribution >= 4 is 11.9 Å².